The maximum Gasteiger partial charge on any atom is 0.205 e. The fraction of sp³-hybridized carbons (Fsp3) is 0.158. The first-order chi connectivity index (χ1) is 12.1. The minimum Gasteiger partial charge on any atom is -0.504 e. The Morgan fingerprint density at radius 2 is 2.04 bits per heavy atom. The summed E-state index contributed by atoms with van der Waals surface area (Å²) in [6.07, 6.45) is 0.666. The Morgan fingerprint density at radius 1 is 1.24 bits per heavy atom. The molecule has 0 atom stereocenters. The molecule has 3 aromatic rings. The molecule has 2 aromatic carbocycles. The Hall–Kier alpha value is -2.86. The quantitative estimate of drug-likeness (QED) is 0.519. The van der Waals surface area contributed by atoms with E-state index in [4.69, 9.17) is 21.7 Å². The van der Waals surface area contributed by atoms with Crippen LogP contribution in [0.15, 0.2) is 36.4 Å². The van der Waals surface area contributed by atoms with Crippen LogP contribution in [0.4, 0.5) is 0 Å². The van der Waals surface area contributed by atoms with Crippen LogP contribution in [0.5, 0.6) is 23.1 Å². The number of fused-ring (bicyclic) bond motifs is 2. The summed E-state index contributed by atoms with van der Waals surface area (Å²) >= 11 is 5.47. The van der Waals surface area contributed by atoms with Crippen LogP contribution >= 0.6 is 12.2 Å². The molecule has 0 aliphatic carbocycles. The van der Waals surface area contributed by atoms with Gasteiger partial charge in [0.05, 0.1) is 18.2 Å². The Kier molecular flexibility index (Phi) is 3.69. The van der Waals surface area contributed by atoms with Crippen molar-refractivity contribution < 1.29 is 14.6 Å². The van der Waals surface area contributed by atoms with Gasteiger partial charge >= 0.3 is 0 Å². The number of ether oxygens (including phenoxy) is 2. The second kappa shape index (κ2) is 5.89. The number of phenolic OH excluding ortho intramolecular Hbond substituents is 1. The van der Waals surface area contributed by atoms with Crippen molar-refractivity contribution in [3.05, 3.63) is 57.7 Å². The number of aromatic hydroxyl groups is 1. The van der Waals surface area contributed by atoms with Crippen molar-refractivity contribution in [2.75, 3.05) is 7.11 Å². The highest BCUT2D eigenvalue weighted by molar-refractivity contribution is 7.71. The normalized spacial score (nSPS) is 12.1. The molecule has 0 bridgehead atoms. The molecule has 0 saturated heterocycles. The van der Waals surface area contributed by atoms with Crippen LogP contribution in [-0.4, -0.2) is 22.2 Å². The topological polar surface area (TPSA) is 67.4 Å². The molecule has 6 heteroatoms. The molecule has 5 nitrogen and oxygen atoms in total. The number of nitrogens with zero attached hydrogens (tertiary/aromatic N) is 1. The molecule has 1 aromatic heterocycles. The van der Waals surface area contributed by atoms with E-state index in [0.29, 0.717) is 34.1 Å². The molecule has 126 valence electrons. The molecule has 2 N–H and O–H groups in total. The smallest absolute Gasteiger partial charge is 0.205 e. The Morgan fingerprint density at radius 3 is 2.84 bits per heavy atom. The number of methoxy groups -OCH3 is 1. The van der Waals surface area contributed by atoms with Gasteiger partial charge < -0.3 is 19.6 Å². The summed E-state index contributed by atoms with van der Waals surface area (Å²) in [6.45, 7) is 2.01. The molecule has 0 spiro atoms. The largest absolute Gasteiger partial charge is 0.504 e. The highest BCUT2D eigenvalue weighted by Gasteiger charge is 2.22. The maximum atomic E-state index is 10.4. The second-order valence-electron chi connectivity index (χ2n) is 5.90. The van der Waals surface area contributed by atoms with Crippen molar-refractivity contribution >= 4 is 12.2 Å². The summed E-state index contributed by atoms with van der Waals surface area (Å²) < 4.78 is 11.7. The minimum absolute atomic E-state index is 0.00971. The van der Waals surface area contributed by atoms with Crippen molar-refractivity contribution in [1.82, 2.24) is 9.97 Å². The van der Waals surface area contributed by atoms with Crippen molar-refractivity contribution in [2.24, 2.45) is 0 Å². The van der Waals surface area contributed by atoms with Gasteiger partial charge in [0.15, 0.2) is 11.5 Å². The van der Waals surface area contributed by atoms with Gasteiger partial charge in [-0.2, -0.15) is 0 Å². The summed E-state index contributed by atoms with van der Waals surface area (Å²) in [5.74, 6) is 2.23. The molecule has 0 radical (unpaired) electrons. The van der Waals surface area contributed by atoms with Gasteiger partial charge in [0.2, 0.25) is 5.88 Å². The predicted molar refractivity (Wildman–Crippen MR) is 97.1 cm³/mol. The number of aryl methyl sites for hydroxylation is 1. The van der Waals surface area contributed by atoms with Crippen molar-refractivity contribution in [2.45, 2.75) is 13.3 Å². The number of para-hydroxylation sites is 2. The van der Waals surface area contributed by atoms with Gasteiger partial charge in [-0.15, -0.1) is 0 Å². The third-order valence-electron chi connectivity index (χ3n) is 4.32. The Bertz CT molecular complexity index is 1040. The first kappa shape index (κ1) is 15.7. The van der Waals surface area contributed by atoms with E-state index in [1.165, 1.54) is 7.11 Å². The lowest BCUT2D eigenvalue weighted by Crippen LogP contribution is -2.09. The molecule has 1 aliphatic rings. The molecule has 0 fully saturated rings. The molecule has 4 rings (SSSR count). The van der Waals surface area contributed by atoms with Crippen molar-refractivity contribution in [3.63, 3.8) is 0 Å². The van der Waals surface area contributed by atoms with Gasteiger partial charge in [-0.05, 0) is 30.2 Å². The van der Waals surface area contributed by atoms with E-state index in [-0.39, 0.29) is 5.75 Å². The van der Waals surface area contributed by atoms with Gasteiger partial charge in [-0.3, -0.25) is 0 Å². The summed E-state index contributed by atoms with van der Waals surface area (Å²) in [4.78, 5) is 7.62. The van der Waals surface area contributed by atoms with E-state index in [9.17, 15) is 5.11 Å². The third kappa shape index (κ3) is 2.55. The number of benzene rings is 2. The number of rotatable bonds is 2. The molecule has 1 aliphatic heterocycles. The number of hydrogen-bond acceptors (Lipinski definition) is 5. The van der Waals surface area contributed by atoms with Crippen LogP contribution in [0.3, 0.4) is 0 Å². The van der Waals surface area contributed by atoms with Gasteiger partial charge in [0, 0.05) is 6.42 Å². The predicted octanol–water partition coefficient (Wildman–Crippen LogP) is 4.53. The fourth-order valence-electron chi connectivity index (χ4n) is 3.02. The van der Waals surface area contributed by atoms with Crippen LogP contribution in [-0.2, 0) is 6.42 Å². The lowest BCUT2D eigenvalue weighted by atomic mass is 10.0. The van der Waals surface area contributed by atoms with E-state index >= 15 is 0 Å². The van der Waals surface area contributed by atoms with E-state index in [2.05, 4.69) is 9.97 Å². The van der Waals surface area contributed by atoms with E-state index < -0.39 is 0 Å². The van der Waals surface area contributed by atoms with Gasteiger partial charge in [-0.1, -0.05) is 36.5 Å². The number of phenols is 1. The Balaban J connectivity index is 1.86. The summed E-state index contributed by atoms with van der Waals surface area (Å²) in [7, 11) is 1.50. The number of H-pyrrole nitrogens is 1. The van der Waals surface area contributed by atoms with Crippen LogP contribution in [0.1, 0.15) is 16.7 Å². The van der Waals surface area contributed by atoms with Gasteiger partial charge in [0.1, 0.15) is 16.2 Å². The first-order valence-electron chi connectivity index (χ1n) is 7.84. The number of aromatic amines is 1. The van der Waals surface area contributed by atoms with E-state index in [1.807, 2.05) is 25.1 Å². The zero-order valence-corrected chi connectivity index (χ0v) is 14.6. The SMILES string of the molecule is COc1cccc(-c2nc(=S)c3c([nH]2)Oc2c(C)cccc2C3)c1O. The maximum absolute atomic E-state index is 10.4. The highest BCUT2D eigenvalue weighted by atomic mass is 32.1. The lowest BCUT2D eigenvalue weighted by Gasteiger charge is -2.22. The average Bonchev–Trinajstić information content (AvgIpc) is 2.61. The van der Waals surface area contributed by atoms with Gasteiger partial charge in [-0.25, -0.2) is 4.98 Å². The summed E-state index contributed by atoms with van der Waals surface area (Å²) in [6, 6.07) is 11.3. The standard InChI is InChI=1S/C19H16N2O3S/c1-10-5-3-6-11-9-13-18(24-16(10)11)20-17(21-19(13)25)12-7-4-8-14(23-2)15(12)22/h3-8,22H,9H2,1-2H3,(H,20,21,25). The first-order valence-corrected chi connectivity index (χ1v) is 8.25. The number of aromatic nitrogens is 2. The zero-order chi connectivity index (χ0) is 17.6. The van der Waals surface area contributed by atoms with Crippen LogP contribution in [0, 0.1) is 11.6 Å². The zero-order valence-electron chi connectivity index (χ0n) is 13.8. The molecule has 0 amide bonds. The van der Waals surface area contributed by atoms with Crippen molar-refractivity contribution in [3.8, 4) is 34.5 Å². The van der Waals surface area contributed by atoms with Crippen LogP contribution < -0.4 is 9.47 Å². The van der Waals surface area contributed by atoms with Crippen molar-refractivity contribution in [1.29, 1.82) is 0 Å². The molecule has 25 heavy (non-hydrogen) atoms. The highest BCUT2D eigenvalue weighted by Crippen LogP contribution is 2.40. The molecule has 2 heterocycles. The van der Waals surface area contributed by atoms with Crippen LogP contribution in [0.25, 0.3) is 11.4 Å². The average molecular weight is 352 g/mol. The fourth-order valence-corrected chi connectivity index (χ4v) is 3.27. The minimum atomic E-state index is 0.00971. The molecule has 0 unspecified atom stereocenters. The summed E-state index contributed by atoms with van der Waals surface area (Å²) in [5.41, 5.74) is 3.50. The number of hydrogen-bond donors (Lipinski definition) is 2. The number of nitrogens with one attached hydrogen (secondary N) is 1. The molecular formula is C19H16N2O3S. The Labute approximate surface area is 149 Å². The summed E-state index contributed by atoms with van der Waals surface area (Å²) in [5, 5.41) is 10.4. The molecular weight excluding hydrogens is 336 g/mol. The monoisotopic (exact) mass is 352 g/mol. The third-order valence-corrected chi connectivity index (χ3v) is 4.65. The van der Waals surface area contributed by atoms with Crippen LogP contribution in [0.2, 0.25) is 0 Å². The van der Waals surface area contributed by atoms with Gasteiger partial charge in [0.25, 0.3) is 0 Å². The second-order valence-corrected chi connectivity index (χ2v) is 6.28. The van der Waals surface area contributed by atoms with E-state index in [0.717, 1.165) is 22.4 Å². The molecule has 0 saturated carbocycles. The lowest BCUT2D eigenvalue weighted by molar-refractivity contribution is 0.374. The van der Waals surface area contributed by atoms with E-state index in [1.54, 1.807) is 18.2 Å².